The summed E-state index contributed by atoms with van der Waals surface area (Å²) in [6.45, 7) is 6.36. The molecule has 0 radical (unpaired) electrons. The van der Waals surface area contributed by atoms with Gasteiger partial charge in [-0.3, -0.25) is 14.2 Å². The molecule has 0 amide bonds. The van der Waals surface area contributed by atoms with Crippen LogP contribution in [0.4, 0.5) is 0 Å². The summed E-state index contributed by atoms with van der Waals surface area (Å²) in [7, 11) is 1.91. The van der Waals surface area contributed by atoms with Gasteiger partial charge >= 0.3 is 0 Å². The van der Waals surface area contributed by atoms with Crippen LogP contribution in [0.3, 0.4) is 0 Å². The van der Waals surface area contributed by atoms with E-state index in [1.54, 1.807) is 0 Å². The largest absolute Gasteiger partial charge is 0.298 e. The van der Waals surface area contributed by atoms with Crippen molar-refractivity contribution in [1.82, 2.24) is 19.6 Å². The zero-order chi connectivity index (χ0) is 12.6. The van der Waals surface area contributed by atoms with Crippen molar-refractivity contribution in [2.24, 2.45) is 7.05 Å². The molecule has 17 heavy (non-hydrogen) atoms. The van der Waals surface area contributed by atoms with Gasteiger partial charge in [-0.2, -0.15) is 10.2 Å². The van der Waals surface area contributed by atoms with Gasteiger partial charge in [-0.05, 0) is 26.8 Å². The summed E-state index contributed by atoms with van der Waals surface area (Å²) in [4.78, 5) is 10.9. The minimum Gasteiger partial charge on any atom is -0.298 e. The fourth-order valence-electron chi connectivity index (χ4n) is 2.00. The molecule has 2 aromatic rings. The molecule has 0 bridgehead atoms. The molecule has 0 saturated heterocycles. The third-order valence-electron chi connectivity index (χ3n) is 2.97. The number of aryl methyl sites for hydroxylation is 3. The van der Waals surface area contributed by atoms with Crippen LogP contribution in [-0.4, -0.2) is 25.8 Å². The first-order valence-corrected chi connectivity index (χ1v) is 5.51. The minimum atomic E-state index is 0.637. The van der Waals surface area contributed by atoms with Crippen LogP contribution in [0.25, 0.3) is 0 Å². The van der Waals surface area contributed by atoms with Gasteiger partial charge in [0.1, 0.15) is 0 Å². The second-order valence-corrected chi connectivity index (χ2v) is 4.26. The van der Waals surface area contributed by atoms with Crippen molar-refractivity contribution < 1.29 is 4.79 Å². The number of aromatic nitrogens is 4. The number of carbonyl (C=O) groups is 1. The highest BCUT2D eigenvalue weighted by Gasteiger charge is 2.12. The van der Waals surface area contributed by atoms with Gasteiger partial charge < -0.3 is 0 Å². The molecule has 0 N–H and O–H groups in total. The van der Waals surface area contributed by atoms with Crippen molar-refractivity contribution in [3.05, 3.63) is 34.4 Å². The normalized spacial score (nSPS) is 10.8. The molecule has 0 aliphatic heterocycles. The van der Waals surface area contributed by atoms with Crippen LogP contribution in [0.15, 0.2) is 6.07 Å². The molecule has 5 nitrogen and oxygen atoms in total. The van der Waals surface area contributed by atoms with E-state index in [9.17, 15) is 4.79 Å². The Bertz CT molecular complexity index is 565. The lowest BCUT2D eigenvalue weighted by Crippen LogP contribution is -2.08. The third kappa shape index (κ3) is 2.00. The van der Waals surface area contributed by atoms with Crippen LogP contribution in [-0.2, 0) is 13.6 Å². The van der Waals surface area contributed by atoms with Gasteiger partial charge in [0.15, 0.2) is 6.29 Å². The second-order valence-electron chi connectivity index (χ2n) is 4.26. The SMILES string of the molecule is Cc1cc(Cn2nc(C)c(C=O)c2C)n(C)n1. The lowest BCUT2D eigenvalue weighted by atomic mass is 10.2. The van der Waals surface area contributed by atoms with E-state index >= 15 is 0 Å². The van der Waals surface area contributed by atoms with Gasteiger partial charge in [-0.25, -0.2) is 0 Å². The van der Waals surface area contributed by atoms with Gasteiger partial charge in [0.2, 0.25) is 0 Å². The Morgan fingerprint density at radius 3 is 2.47 bits per heavy atom. The summed E-state index contributed by atoms with van der Waals surface area (Å²) in [6, 6.07) is 2.02. The number of carbonyl (C=O) groups excluding carboxylic acids is 1. The highest BCUT2D eigenvalue weighted by atomic mass is 16.1. The predicted octanol–water partition coefficient (Wildman–Crippen LogP) is 1.40. The second kappa shape index (κ2) is 4.16. The Balaban J connectivity index is 2.36. The van der Waals surface area contributed by atoms with Crippen molar-refractivity contribution in [1.29, 1.82) is 0 Å². The number of hydrogen-bond donors (Lipinski definition) is 0. The summed E-state index contributed by atoms with van der Waals surface area (Å²) in [5, 5.41) is 8.66. The maximum atomic E-state index is 10.9. The van der Waals surface area contributed by atoms with Crippen molar-refractivity contribution >= 4 is 6.29 Å². The van der Waals surface area contributed by atoms with E-state index in [0.29, 0.717) is 12.1 Å². The third-order valence-corrected chi connectivity index (χ3v) is 2.97. The Kier molecular flexibility index (Phi) is 2.83. The molecule has 0 aromatic carbocycles. The molecule has 0 atom stereocenters. The zero-order valence-corrected chi connectivity index (χ0v) is 10.6. The summed E-state index contributed by atoms with van der Waals surface area (Å²) in [6.07, 6.45) is 0.864. The summed E-state index contributed by atoms with van der Waals surface area (Å²) in [5.41, 5.74) is 4.42. The number of aldehydes is 1. The fourth-order valence-corrected chi connectivity index (χ4v) is 2.00. The summed E-state index contributed by atoms with van der Waals surface area (Å²) >= 11 is 0. The molecule has 2 heterocycles. The Labute approximate surface area is 100 Å². The van der Waals surface area contributed by atoms with Crippen molar-refractivity contribution in [3.8, 4) is 0 Å². The minimum absolute atomic E-state index is 0.637. The van der Waals surface area contributed by atoms with Crippen molar-refractivity contribution in [3.63, 3.8) is 0 Å². The number of rotatable bonds is 3. The highest BCUT2D eigenvalue weighted by molar-refractivity contribution is 5.78. The molecule has 0 saturated carbocycles. The van der Waals surface area contributed by atoms with E-state index in [-0.39, 0.29) is 0 Å². The fraction of sp³-hybridized carbons (Fsp3) is 0.417. The van der Waals surface area contributed by atoms with E-state index < -0.39 is 0 Å². The number of hydrogen-bond acceptors (Lipinski definition) is 3. The van der Waals surface area contributed by atoms with Crippen molar-refractivity contribution in [2.75, 3.05) is 0 Å². The molecule has 2 aromatic heterocycles. The quantitative estimate of drug-likeness (QED) is 0.752. The first-order valence-electron chi connectivity index (χ1n) is 5.51. The van der Waals surface area contributed by atoms with E-state index in [2.05, 4.69) is 10.2 Å². The summed E-state index contributed by atoms with van der Waals surface area (Å²) < 4.78 is 3.68. The molecule has 0 unspecified atom stereocenters. The Morgan fingerprint density at radius 1 is 1.29 bits per heavy atom. The van der Waals surface area contributed by atoms with Crippen molar-refractivity contribution in [2.45, 2.75) is 27.3 Å². The molecule has 90 valence electrons. The monoisotopic (exact) mass is 232 g/mol. The van der Waals surface area contributed by atoms with Gasteiger partial charge in [0.25, 0.3) is 0 Å². The standard InChI is InChI=1S/C12H16N4O/c1-8-5-11(15(4)13-8)6-16-10(3)12(7-17)9(2)14-16/h5,7H,6H2,1-4H3. The van der Waals surface area contributed by atoms with Gasteiger partial charge in [0.05, 0.1) is 29.2 Å². The van der Waals surface area contributed by atoms with Gasteiger partial charge in [0, 0.05) is 12.7 Å². The van der Waals surface area contributed by atoms with Crippen LogP contribution < -0.4 is 0 Å². The average Bonchev–Trinajstić information content (AvgIpc) is 2.69. The maximum Gasteiger partial charge on any atom is 0.153 e. The lowest BCUT2D eigenvalue weighted by molar-refractivity contribution is 0.112. The topological polar surface area (TPSA) is 52.7 Å². The Hall–Kier alpha value is -1.91. The van der Waals surface area contributed by atoms with Crippen LogP contribution in [0, 0.1) is 20.8 Å². The molecule has 0 spiro atoms. The van der Waals surface area contributed by atoms with E-state index in [0.717, 1.165) is 29.1 Å². The van der Waals surface area contributed by atoms with Gasteiger partial charge in [-0.15, -0.1) is 0 Å². The van der Waals surface area contributed by atoms with E-state index in [1.165, 1.54) is 0 Å². The predicted molar refractivity (Wildman–Crippen MR) is 64.1 cm³/mol. The van der Waals surface area contributed by atoms with Crippen LogP contribution in [0.1, 0.15) is 33.1 Å². The molecule has 5 heteroatoms. The summed E-state index contributed by atoms with van der Waals surface area (Å²) in [5.74, 6) is 0. The van der Waals surface area contributed by atoms with E-state index in [4.69, 9.17) is 0 Å². The first-order chi connectivity index (χ1) is 8.02. The number of nitrogens with zero attached hydrogens (tertiary/aromatic N) is 4. The molecular weight excluding hydrogens is 216 g/mol. The average molecular weight is 232 g/mol. The maximum absolute atomic E-state index is 10.9. The zero-order valence-electron chi connectivity index (χ0n) is 10.6. The molecule has 2 rings (SSSR count). The first kappa shape index (κ1) is 11.6. The molecule has 0 aliphatic carbocycles. The van der Waals surface area contributed by atoms with Gasteiger partial charge in [-0.1, -0.05) is 0 Å². The Morgan fingerprint density at radius 2 is 2.00 bits per heavy atom. The van der Waals surface area contributed by atoms with Crippen LogP contribution in [0.5, 0.6) is 0 Å². The highest BCUT2D eigenvalue weighted by Crippen LogP contribution is 2.12. The van der Waals surface area contributed by atoms with Crippen LogP contribution in [0.2, 0.25) is 0 Å². The lowest BCUT2D eigenvalue weighted by Gasteiger charge is -2.04. The molecular formula is C12H16N4O. The van der Waals surface area contributed by atoms with Crippen LogP contribution >= 0.6 is 0 Å². The molecule has 0 aliphatic rings. The van der Waals surface area contributed by atoms with E-state index in [1.807, 2.05) is 43.2 Å². The molecule has 0 fully saturated rings. The smallest absolute Gasteiger partial charge is 0.153 e.